The van der Waals surface area contributed by atoms with Gasteiger partial charge in [0.25, 0.3) is 5.91 Å². The van der Waals surface area contributed by atoms with Gasteiger partial charge in [0.1, 0.15) is 11.5 Å². The van der Waals surface area contributed by atoms with Gasteiger partial charge >= 0.3 is 0 Å². The zero-order chi connectivity index (χ0) is 13.8. The van der Waals surface area contributed by atoms with Gasteiger partial charge in [-0.3, -0.25) is 4.79 Å². The molecule has 0 aliphatic heterocycles. The predicted octanol–water partition coefficient (Wildman–Crippen LogP) is 1.18. The highest BCUT2D eigenvalue weighted by atomic mass is 19.1. The maximum atomic E-state index is 12.8. The molecule has 7 heteroatoms. The lowest BCUT2D eigenvalue weighted by Crippen LogP contribution is -2.27. The first-order valence-corrected chi connectivity index (χ1v) is 5.44. The molecule has 2 aromatic rings. The van der Waals surface area contributed by atoms with Crippen molar-refractivity contribution in [1.82, 2.24) is 9.97 Å². The van der Waals surface area contributed by atoms with Gasteiger partial charge in [-0.25, -0.2) is 20.2 Å². The van der Waals surface area contributed by atoms with E-state index in [0.29, 0.717) is 11.5 Å². The fourth-order valence-electron chi connectivity index (χ4n) is 1.47. The van der Waals surface area contributed by atoms with Crippen LogP contribution >= 0.6 is 0 Å². The average molecular weight is 261 g/mol. The van der Waals surface area contributed by atoms with Crippen LogP contribution < -0.4 is 16.2 Å². The summed E-state index contributed by atoms with van der Waals surface area (Å²) in [7, 11) is 1.58. The van der Waals surface area contributed by atoms with Crippen molar-refractivity contribution in [3.63, 3.8) is 0 Å². The number of anilines is 2. The normalized spacial score (nSPS) is 10.1. The molecule has 2 rings (SSSR count). The van der Waals surface area contributed by atoms with E-state index in [-0.39, 0.29) is 17.4 Å². The van der Waals surface area contributed by atoms with Gasteiger partial charge in [-0.05, 0) is 24.3 Å². The quantitative estimate of drug-likeness (QED) is 0.640. The summed E-state index contributed by atoms with van der Waals surface area (Å²) in [4.78, 5) is 21.3. The van der Waals surface area contributed by atoms with E-state index >= 15 is 0 Å². The summed E-state index contributed by atoms with van der Waals surface area (Å²) >= 11 is 0. The number of nitrogens with two attached hydrogens (primary N) is 1. The van der Waals surface area contributed by atoms with Crippen LogP contribution in [0.3, 0.4) is 0 Å². The van der Waals surface area contributed by atoms with E-state index in [2.05, 4.69) is 15.4 Å². The zero-order valence-electron chi connectivity index (χ0n) is 10.2. The topological polar surface area (TPSA) is 84.1 Å². The number of rotatable bonds is 3. The second-order valence-electron chi connectivity index (χ2n) is 3.77. The van der Waals surface area contributed by atoms with Crippen LogP contribution in [0.4, 0.5) is 15.9 Å². The Bertz CT molecular complexity index is 570. The van der Waals surface area contributed by atoms with Gasteiger partial charge in [0.05, 0.1) is 12.4 Å². The molecule has 0 saturated heterocycles. The summed E-state index contributed by atoms with van der Waals surface area (Å²) in [5.41, 5.74) is 3.06. The Morgan fingerprint density at radius 2 is 1.95 bits per heavy atom. The predicted molar refractivity (Wildman–Crippen MR) is 69.0 cm³/mol. The van der Waals surface area contributed by atoms with E-state index in [4.69, 9.17) is 5.84 Å². The molecular formula is C12H12FN5O. The number of amides is 1. The number of nitrogens with one attached hydrogen (secondary N) is 1. The largest absolute Gasteiger partial charge is 0.310 e. The lowest BCUT2D eigenvalue weighted by Gasteiger charge is -2.16. The Morgan fingerprint density at radius 1 is 1.26 bits per heavy atom. The Labute approximate surface area is 109 Å². The van der Waals surface area contributed by atoms with Crippen molar-refractivity contribution >= 4 is 17.4 Å². The van der Waals surface area contributed by atoms with E-state index in [1.54, 1.807) is 7.05 Å². The van der Waals surface area contributed by atoms with Crippen molar-refractivity contribution in [2.75, 3.05) is 17.4 Å². The van der Waals surface area contributed by atoms with Crippen molar-refractivity contribution in [1.29, 1.82) is 0 Å². The van der Waals surface area contributed by atoms with Crippen LogP contribution in [0.5, 0.6) is 0 Å². The smallest absolute Gasteiger partial charge is 0.278 e. The molecule has 1 aromatic carbocycles. The standard InChI is InChI=1S/C12H12FN5O/c1-18(9-4-2-8(13)3-5-9)12(19)10-6-16-11(17-14)7-15-10/h2-7H,14H2,1H3,(H,16,17). The highest BCUT2D eigenvalue weighted by Gasteiger charge is 2.15. The molecule has 0 atom stereocenters. The Hall–Kier alpha value is -2.54. The molecule has 1 amide bonds. The van der Waals surface area contributed by atoms with Gasteiger partial charge in [-0.1, -0.05) is 0 Å². The highest BCUT2D eigenvalue weighted by Crippen LogP contribution is 2.15. The number of aromatic nitrogens is 2. The van der Waals surface area contributed by atoms with E-state index < -0.39 is 0 Å². The van der Waals surface area contributed by atoms with E-state index in [9.17, 15) is 9.18 Å². The molecule has 0 spiro atoms. The van der Waals surface area contributed by atoms with Crippen molar-refractivity contribution in [3.8, 4) is 0 Å². The number of carbonyl (C=O) groups excluding carboxylic acids is 1. The van der Waals surface area contributed by atoms with Gasteiger partial charge in [0.15, 0.2) is 5.82 Å². The molecule has 0 unspecified atom stereocenters. The molecule has 0 aliphatic carbocycles. The summed E-state index contributed by atoms with van der Waals surface area (Å²) in [6, 6.07) is 5.59. The van der Waals surface area contributed by atoms with Crippen molar-refractivity contribution in [2.24, 2.45) is 5.84 Å². The van der Waals surface area contributed by atoms with Crippen molar-refractivity contribution in [3.05, 3.63) is 48.2 Å². The lowest BCUT2D eigenvalue weighted by atomic mass is 10.2. The van der Waals surface area contributed by atoms with Crippen LogP contribution in [0.25, 0.3) is 0 Å². The van der Waals surface area contributed by atoms with E-state index in [0.717, 1.165) is 0 Å². The van der Waals surface area contributed by atoms with Gasteiger partial charge < -0.3 is 10.3 Å². The number of nitrogens with zero attached hydrogens (tertiary/aromatic N) is 3. The maximum Gasteiger partial charge on any atom is 0.278 e. The first-order chi connectivity index (χ1) is 9.11. The SMILES string of the molecule is CN(C(=O)c1cnc(NN)cn1)c1ccc(F)cc1. The fraction of sp³-hybridized carbons (Fsp3) is 0.0833. The third kappa shape index (κ3) is 2.83. The van der Waals surface area contributed by atoms with Crippen LogP contribution in [0.15, 0.2) is 36.7 Å². The molecule has 0 bridgehead atoms. The van der Waals surface area contributed by atoms with Crippen LogP contribution in [0, 0.1) is 5.82 Å². The minimum Gasteiger partial charge on any atom is -0.310 e. The number of carbonyl (C=O) groups is 1. The second-order valence-corrected chi connectivity index (χ2v) is 3.77. The van der Waals surface area contributed by atoms with Crippen LogP contribution in [-0.4, -0.2) is 22.9 Å². The van der Waals surface area contributed by atoms with Crippen molar-refractivity contribution in [2.45, 2.75) is 0 Å². The first-order valence-electron chi connectivity index (χ1n) is 5.44. The molecule has 0 radical (unpaired) electrons. The zero-order valence-corrected chi connectivity index (χ0v) is 10.2. The Balaban J connectivity index is 2.20. The van der Waals surface area contributed by atoms with E-state index in [1.165, 1.54) is 41.6 Å². The summed E-state index contributed by atoms with van der Waals surface area (Å²) in [5.74, 6) is 4.82. The van der Waals surface area contributed by atoms with Crippen LogP contribution in [0.1, 0.15) is 10.5 Å². The number of hydrazine groups is 1. The van der Waals surface area contributed by atoms with E-state index in [1.807, 2.05) is 0 Å². The average Bonchev–Trinajstić information content (AvgIpc) is 2.46. The molecule has 3 N–H and O–H groups in total. The van der Waals surface area contributed by atoms with Crippen LogP contribution in [-0.2, 0) is 0 Å². The molecule has 0 saturated carbocycles. The second kappa shape index (κ2) is 5.40. The molecule has 0 fully saturated rings. The van der Waals surface area contributed by atoms with Gasteiger partial charge in [0.2, 0.25) is 0 Å². The monoisotopic (exact) mass is 261 g/mol. The summed E-state index contributed by atoms with van der Waals surface area (Å²) in [6.07, 6.45) is 2.67. The first kappa shape index (κ1) is 12.9. The number of nitrogen functional groups attached to an aromatic ring is 1. The summed E-state index contributed by atoms with van der Waals surface area (Å²) < 4.78 is 12.8. The number of hydrogen-bond acceptors (Lipinski definition) is 5. The summed E-state index contributed by atoms with van der Waals surface area (Å²) in [6.45, 7) is 0. The van der Waals surface area contributed by atoms with Crippen LogP contribution in [0.2, 0.25) is 0 Å². The Kier molecular flexibility index (Phi) is 3.67. The molecule has 1 heterocycles. The molecule has 19 heavy (non-hydrogen) atoms. The minimum atomic E-state index is -0.359. The Morgan fingerprint density at radius 3 is 2.47 bits per heavy atom. The van der Waals surface area contributed by atoms with Gasteiger partial charge in [0, 0.05) is 12.7 Å². The van der Waals surface area contributed by atoms with Gasteiger partial charge in [-0.2, -0.15) is 0 Å². The molecule has 0 aliphatic rings. The third-order valence-electron chi connectivity index (χ3n) is 2.54. The highest BCUT2D eigenvalue weighted by molar-refractivity contribution is 6.04. The molecular weight excluding hydrogens is 249 g/mol. The lowest BCUT2D eigenvalue weighted by molar-refractivity contribution is 0.0988. The minimum absolute atomic E-state index is 0.172. The molecule has 1 aromatic heterocycles. The maximum absolute atomic E-state index is 12.8. The number of benzene rings is 1. The molecule has 6 nitrogen and oxygen atoms in total. The number of hydrogen-bond donors (Lipinski definition) is 2. The fourth-order valence-corrected chi connectivity index (χ4v) is 1.47. The molecule has 98 valence electrons. The number of halogens is 1. The van der Waals surface area contributed by atoms with Crippen molar-refractivity contribution < 1.29 is 9.18 Å². The summed E-state index contributed by atoms with van der Waals surface area (Å²) in [5, 5.41) is 0. The third-order valence-corrected chi connectivity index (χ3v) is 2.54. The van der Waals surface area contributed by atoms with Gasteiger partial charge in [-0.15, -0.1) is 0 Å².